The third kappa shape index (κ3) is 1.66. The fraction of sp³-hybridized carbons (Fsp3) is 0.200. The topological polar surface area (TPSA) is 70.2 Å². The van der Waals surface area contributed by atoms with E-state index in [0.29, 0.717) is 5.52 Å². The summed E-state index contributed by atoms with van der Waals surface area (Å²) in [6, 6.07) is 3.31. The summed E-state index contributed by atoms with van der Waals surface area (Å²) in [5.41, 5.74) is -0.0330. The number of rotatable bonds is 2. The third-order valence-corrected chi connectivity index (χ3v) is 3.39. The Kier molecular flexibility index (Phi) is 2.32. The minimum atomic E-state index is -1.19. The molecule has 2 rings (SSSR count). The number of H-pyrrole nitrogens is 1. The number of carboxylic acid groups (broad SMARTS) is 1. The smallest absolute Gasteiger partial charge is 0.341 e. The highest BCUT2D eigenvalue weighted by molar-refractivity contribution is 7.19. The molecule has 0 aliphatic carbocycles. The Morgan fingerprint density at radius 2 is 2.27 bits per heavy atom. The summed E-state index contributed by atoms with van der Waals surface area (Å²) < 4.78 is 0.809. The maximum atomic E-state index is 11.3. The molecule has 0 aliphatic heterocycles. The maximum absolute atomic E-state index is 11.3. The van der Waals surface area contributed by atoms with Crippen LogP contribution in [0, 0.1) is 0 Å². The summed E-state index contributed by atoms with van der Waals surface area (Å²) in [5, 5.41) is 8.77. The van der Waals surface area contributed by atoms with Gasteiger partial charge in [-0.25, -0.2) is 4.79 Å². The Balaban J connectivity index is 2.74. The van der Waals surface area contributed by atoms with Gasteiger partial charge < -0.3 is 10.1 Å². The van der Waals surface area contributed by atoms with Crippen molar-refractivity contribution in [3.63, 3.8) is 0 Å². The van der Waals surface area contributed by atoms with E-state index in [1.807, 2.05) is 13.0 Å². The number of thiophene rings is 1. The van der Waals surface area contributed by atoms with Gasteiger partial charge in [0.05, 0.1) is 10.2 Å². The molecular weight excluding hydrogens is 214 g/mol. The van der Waals surface area contributed by atoms with Crippen molar-refractivity contribution < 1.29 is 9.90 Å². The molecule has 0 amide bonds. The summed E-state index contributed by atoms with van der Waals surface area (Å²) in [6.07, 6.45) is 0.879. The van der Waals surface area contributed by atoms with Crippen LogP contribution in [-0.4, -0.2) is 16.1 Å². The largest absolute Gasteiger partial charge is 0.477 e. The highest BCUT2D eigenvalue weighted by Crippen LogP contribution is 2.23. The van der Waals surface area contributed by atoms with Gasteiger partial charge in [0.15, 0.2) is 0 Å². The molecule has 0 saturated heterocycles. The van der Waals surface area contributed by atoms with Gasteiger partial charge in [-0.15, -0.1) is 11.3 Å². The standard InChI is InChI=1S/C10H9NO3S/c1-2-5-3-7-8(15-5)4-6(10(13)14)9(12)11-7/h3-4H,2H2,1H3,(H,11,12)(H,13,14). The molecule has 0 aliphatic rings. The van der Waals surface area contributed by atoms with E-state index in [-0.39, 0.29) is 5.56 Å². The molecule has 2 aromatic rings. The van der Waals surface area contributed by atoms with Crippen LogP contribution in [0.3, 0.4) is 0 Å². The molecule has 0 unspecified atom stereocenters. The monoisotopic (exact) mass is 223 g/mol. The van der Waals surface area contributed by atoms with Crippen molar-refractivity contribution in [3.8, 4) is 0 Å². The molecule has 0 saturated carbocycles. The summed E-state index contributed by atoms with van der Waals surface area (Å²) in [4.78, 5) is 25.8. The van der Waals surface area contributed by atoms with Gasteiger partial charge in [-0.05, 0) is 18.6 Å². The zero-order valence-corrected chi connectivity index (χ0v) is 8.85. The predicted molar refractivity (Wildman–Crippen MR) is 58.8 cm³/mol. The zero-order chi connectivity index (χ0) is 11.0. The Hall–Kier alpha value is -1.62. The number of nitrogens with one attached hydrogen (secondary N) is 1. The van der Waals surface area contributed by atoms with Crippen molar-refractivity contribution in [1.29, 1.82) is 0 Å². The number of aromatic carboxylic acids is 1. The summed E-state index contributed by atoms with van der Waals surface area (Å²) >= 11 is 1.50. The molecule has 0 radical (unpaired) electrons. The minimum Gasteiger partial charge on any atom is -0.477 e. The molecule has 15 heavy (non-hydrogen) atoms. The van der Waals surface area contributed by atoms with E-state index in [9.17, 15) is 9.59 Å². The van der Waals surface area contributed by atoms with Gasteiger partial charge in [0.1, 0.15) is 5.56 Å². The van der Waals surface area contributed by atoms with Crippen LogP contribution in [0.2, 0.25) is 0 Å². The van der Waals surface area contributed by atoms with Crippen LogP contribution in [0.15, 0.2) is 16.9 Å². The molecule has 0 atom stereocenters. The van der Waals surface area contributed by atoms with E-state index < -0.39 is 11.5 Å². The number of aromatic nitrogens is 1. The number of aromatic amines is 1. The molecule has 0 fully saturated rings. The lowest BCUT2D eigenvalue weighted by atomic mass is 10.2. The van der Waals surface area contributed by atoms with Gasteiger partial charge in [-0.1, -0.05) is 6.92 Å². The van der Waals surface area contributed by atoms with Crippen LogP contribution in [0.1, 0.15) is 22.2 Å². The van der Waals surface area contributed by atoms with Gasteiger partial charge >= 0.3 is 5.97 Å². The SMILES string of the molecule is CCc1cc2[nH]c(=O)c(C(=O)O)cc2s1. The van der Waals surface area contributed by atoms with Crippen LogP contribution in [0.5, 0.6) is 0 Å². The average molecular weight is 223 g/mol. The Bertz CT molecular complexity index is 582. The van der Waals surface area contributed by atoms with Gasteiger partial charge in [-0.2, -0.15) is 0 Å². The van der Waals surface area contributed by atoms with E-state index in [1.165, 1.54) is 17.4 Å². The average Bonchev–Trinajstić information content (AvgIpc) is 2.58. The summed E-state index contributed by atoms with van der Waals surface area (Å²) in [7, 11) is 0. The molecule has 0 spiro atoms. The molecule has 0 aromatic carbocycles. The number of hydrogen-bond donors (Lipinski definition) is 2. The fourth-order valence-corrected chi connectivity index (χ4v) is 2.38. The highest BCUT2D eigenvalue weighted by atomic mass is 32.1. The first-order valence-electron chi connectivity index (χ1n) is 4.51. The second kappa shape index (κ2) is 3.51. The zero-order valence-electron chi connectivity index (χ0n) is 8.03. The van der Waals surface area contributed by atoms with E-state index in [1.54, 1.807) is 0 Å². The van der Waals surface area contributed by atoms with E-state index in [2.05, 4.69) is 4.98 Å². The van der Waals surface area contributed by atoms with Crippen LogP contribution in [-0.2, 0) is 6.42 Å². The van der Waals surface area contributed by atoms with Gasteiger partial charge in [0, 0.05) is 4.88 Å². The second-order valence-corrected chi connectivity index (χ2v) is 4.33. The second-order valence-electron chi connectivity index (χ2n) is 3.16. The Morgan fingerprint density at radius 1 is 1.53 bits per heavy atom. The highest BCUT2D eigenvalue weighted by Gasteiger charge is 2.11. The van der Waals surface area contributed by atoms with E-state index in [4.69, 9.17) is 5.11 Å². The Labute approximate surface area is 89.2 Å². The first-order valence-corrected chi connectivity index (χ1v) is 5.32. The van der Waals surface area contributed by atoms with E-state index in [0.717, 1.165) is 16.0 Å². The van der Waals surface area contributed by atoms with Crippen LogP contribution in [0.4, 0.5) is 0 Å². The van der Waals surface area contributed by atoms with Crippen molar-refractivity contribution in [1.82, 2.24) is 4.98 Å². The van der Waals surface area contributed by atoms with Gasteiger partial charge in [0.2, 0.25) is 0 Å². The van der Waals surface area contributed by atoms with Gasteiger partial charge in [-0.3, -0.25) is 4.79 Å². The number of aryl methyl sites for hydroxylation is 1. The molecule has 4 nitrogen and oxygen atoms in total. The normalized spacial score (nSPS) is 10.7. The molecule has 2 aromatic heterocycles. The molecule has 0 bridgehead atoms. The first-order chi connectivity index (χ1) is 7.11. The van der Waals surface area contributed by atoms with Crippen LogP contribution >= 0.6 is 11.3 Å². The molecule has 2 heterocycles. The van der Waals surface area contributed by atoms with Crippen molar-refractivity contribution in [2.45, 2.75) is 13.3 Å². The lowest BCUT2D eigenvalue weighted by Crippen LogP contribution is -2.16. The predicted octanol–water partition coefficient (Wildman–Crippen LogP) is 1.85. The summed E-state index contributed by atoms with van der Waals surface area (Å²) in [5.74, 6) is -1.19. The lowest BCUT2D eigenvalue weighted by Gasteiger charge is -1.92. The van der Waals surface area contributed by atoms with Crippen molar-refractivity contribution in [2.75, 3.05) is 0 Å². The third-order valence-electron chi connectivity index (χ3n) is 2.16. The molecular formula is C10H9NO3S. The first kappa shape index (κ1) is 9.92. The molecule has 78 valence electrons. The number of carbonyl (C=O) groups is 1. The van der Waals surface area contributed by atoms with Crippen molar-refractivity contribution in [3.05, 3.63) is 32.9 Å². The Morgan fingerprint density at radius 3 is 2.87 bits per heavy atom. The van der Waals surface area contributed by atoms with Crippen molar-refractivity contribution >= 4 is 27.5 Å². The fourth-order valence-electron chi connectivity index (χ4n) is 1.38. The van der Waals surface area contributed by atoms with Crippen molar-refractivity contribution in [2.24, 2.45) is 0 Å². The number of pyridine rings is 1. The quantitative estimate of drug-likeness (QED) is 0.816. The minimum absolute atomic E-state index is 0.202. The number of hydrogen-bond acceptors (Lipinski definition) is 3. The van der Waals surface area contributed by atoms with Gasteiger partial charge in [0.25, 0.3) is 5.56 Å². The van der Waals surface area contributed by atoms with E-state index >= 15 is 0 Å². The van der Waals surface area contributed by atoms with Crippen LogP contribution in [0.25, 0.3) is 10.2 Å². The maximum Gasteiger partial charge on any atom is 0.341 e. The lowest BCUT2D eigenvalue weighted by molar-refractivity contribution is 0.0695. The molecule has 2 N–H and O–H groups in total. The molecule has 5 heteroatoms. The summed E-state index contributed by atoms with van der Waals surface area (Å²) in [6.45, 7) is 2.01. The number of fused-ring (bicyclic) bond motifs is 1. The van der Waals surface area contributed by atoms with Crippen LogP contribution < -0.4 is 5.56 Å². The number of carboxylic acids is 1.